The molecule has 1 aliphatic carbocycles. The molecule has 27 heavy (non-hydrogen) atoms. The lowest BCUT2D eigenvalue weighted by Crippen LogP contribution is -2.09. The third kappa shape index (κ3) is 3.22. The van der Waals surface area contributed by atoms with Crippen LogP contribution in [0.5, 0.6) is 11.5 Å². The van der Waals surface area contributed by atoms with Gasteiger partial charge >= 0.3 is 5.97 Å². The van der Waals surface area contributed by atoms with E-state index in [1.54, 1.807) is 37.4 Å². The van der Waals surface area contributed by atoms with Crippen LogP contribution in [0.15, 0.2) is 60.7 Å². The second-order valence-corrected chi connectivity index (χ2v) is 6.54. The molecular weight excluding hydrogens is 340 g/mol. The van der Waals surface area contributed by atoms with E-state index in [1.807, 2.05) is 24.3 Å². The van der Waals surface area contributed by atoms with E-state index >= 15 is 0 Å². The summed E-state index contributed by atoms with van der Waals surface area (Å²) in [5, 5.41) is 0. The quantitative estimate of drug-likeness (QED) is 0.302. The molecule has 3 aromatic rings. The Kier molecular flexibility index (Phi) is 4.24. The molecule has 0 spiro atoms. The van der Waals surface area contributed by atoms with E-state index in [0.717, 1.165) is 23.3 Å². The van der Waals surface area contributed by atoms with Gasteiger partial charge in [-0.15, -0.1) is 0 Å². The predicted molar refractivity (Wildman–Crippen MR) is 103 cm³/mol. The summed E-state index contributed by atoms with van der Waals surface area (Å²) in [7, 11) is 1.66. The Labute approximate surface area is 157 Å². The van der Waals surface area contributed by atoms with Gasteiger partial charge in [0.1, 0.15) is 11.5 Å². The Morgan fingerprint density at radius 2 is 1.33 bits per heavy atom. The Morgan fingerprint density at radius 1 is 0.778 bits per heavy atom. The maximum atomic E-state index is 12.4. The van der Waals surface area contributed by atoms with Crippen LogP contribution in [-0.2, 0) is 6.42 Å². The highest BCUT2D eigenvalue weighted by Gasteiger charge is 2.20. The van der Waals surface area contributed by atoms with Crippen LogP contribution < -0.4 is 9.47 Å². The molecule has 0 fully saturated rings. The van der Waals surface area contributed by atoms with Crippen LogP contribution in [0.3, 0.4) is 0 Å². The summed E-state index contributed by atoms with van der Waals surface area (Å²) in [6, 6.07) is 18.2. The molecule has 0 unspecified atom stereocenters. The van der Waals surface area contributed by atoms with E-state index in [-0.39, 0.29) is 5.78 Å². The molecule has 0 aliphatic heterocycles. The van der Waals surface area contributed by atoms with Gasteiger partial charge in [-0.1, -0.05) is 24.3 Å². The fourth-order valence-electron chi connectivity index (χ4n) is 3.36. The number of fused-ring (bicyclic) bond motifs is 3. The van der Waals surface area contributed by atoms with Gasteiger partial charge in [0, 0.05) is 5.56 Å². The van der Waals surface area contributed by atoms with Gasteiger partial charge in [-0.2, -0.15) is 0 Å². The van der Waals surface area contributed by atoms with Crippen LogP contribution in [0, 0.1) is 0 Å². The van der Waals surface area contributed by atoms with Crippen molar-refractivity contribution in [2.45, 2.75) is 13.3 Å². The average Bonchev–Trinajstić information content (AvgIpc) is 3.04. The van der Waals surface area contributed by atoms with Crippen LogP contribution in [0.4, 0.5) is 0 Å². The molecule has 3 aromatic carbocycles. The number of rotatable bonds is 4. The van der Waals surface area contributed by atoms with Crippen LogP contribution in [0.1, 0.15) is 38.8 Å². The van der Waals surface area contributed by atoms with E-state index in [0.29, 0.717) is 16.9 Å². The fraction of sp³-hybridized carbons (Fsp3) is 0.130. The summed E-state index contributed by atoms with van der Waals surface area (Å²) in [5.74, 6) is 0.864. The van der Waals surface area contributed by atoms with Crippen LogP contribution in [-0.4, -0.2) is 18.9 Å². The van der Waals surface area contributed by atoms with E-state index < -0.39 is 5.97 Å². The largest absolute Gasteiger partial charge is 0.497 e. The van der Waals surface area contributed by atoms with Gasteiger partial charge in [0.15, 0.2) is 5.78 Å². The Balaban J connectivity index is 1.54. The van der Waals surface area contributed by atoms with Gasteiger partial charge in [0.2, 0.25) is 0 Å². The van der Waals surface area contributed by atoms with E-state index in [9.17, 15) is 9.59 Å². The zero-order chi connectivity index (χ0) is 19.0. The number of benzene rings is 3. The third-order valence-corrected chi connectivity index (χ3v) is 4.80. The average molecular weight is 358 g/mol. The predicted octanol–water partition coefficient (Wildman–Crippen LogP) is 4.69. The number of Topliss-reactive ketones (excluding diaryl/α,β-unsaturated/α-hetero) is 1. The first-order valence-corrected chi connectivity index (χ1v) is 8.68. The van der Waals surface area contributed by atoms with Crippen molar-refractivity contribution in [1.29, 1.82) is 0 Å². The normalized spacial score (nSPS) is 11.5. The molecule has 0 heterocycles. The third-order valence-electron chi connectivity index (χ3n) is 4.80. The number of carbonyl (C=O) groups is 2. The first kappa shape index (κ1) is 17.0. The van der Waals surface area contributed by atoms with Gasteiger partial charge < -0.3 is 9.47 Å². The highest BCUT2D eigenvalue weighted by Crippen LogP contribution is 2.39. The highest BCUT2D eigenvalue weighted by molar-refractivity contribution is 5.96. The lowest BCUT2D eigenvalue weighted by atomic mass is 10.1. The summed E-state index contributed by atoms with van der Waals surface area (Å²) in [5.41, 5.74) is 5.63. The first-order chi connectivity index (χ1) is 13.0. The molecule has 134 valence electrons. The lowest BCUT2D eigenvalue weighted by Gasteiger charge is -2.07. The molecule has 0 radical (unpaired) electrons. The minimum atomic E-state index is -0.442. The molecule has 0 N–H and O–H groups in total. The molecule has 0 amide bonds. The molecule has 4 nitrogen and oxygen atoms in total. The van der Waals surface area contributed by atoms with Crippen molar-refractivity contribution < 1.29 is 19.1 Å². The second kappa shape index (κ2) is 6.72. The molecule has 4 rings (SSSR count). The molecule has 0 saturated carbocycles. The van der Waals surface area contributed by atoms with Crippen molar-refractivity contribution >= 4 is 11.8 Å². The minimum absolute atomic E-state index is 0.0373. The van der Waals surface area contributed by atoms with E-state index in [1.165, 1.54) is 18.1 Å². The molecule has 0 aromatic heterocycles. The number of hydrogen-bond donors (Lipinski definition) is 0. The molecule has 0 bridgehead atoms. The standard InChI is InChI=1S/C23H18O4/c1-14(24)15-3-5-16(6-4-15)23(25)27-20-8-10-22-18(13-20)11-17-12-19(26-2)7-9-21(17)22/h3-10,12-13H,11H2,1-2H3. The van der Waals surface area contributed by atoms with Crippen molar-refractivity contribution in [2.24, 2.45) is 0 Å². The smallest absolute Gasteiger partial charge is 0.343 e. The van der Waals surface area contributed by atoms with Crippen molar-refractivity contribution in [3.8, 4) is 22.6 Å². The maximum absolute atomic E-state index is 12.4. The van der Waals surface area contributed by atoms with Gasteiger partial charge in [-0.05, 0) is 72.0 Å². The summed E-state index contributed by atoms with van der Waals surface area (Å²) in [4.78, 5) is 23.7. The zero-order valence-corrected chi connectivity index (χ0v) is 15.1. The van der Waals surface area contributed by atoms with Crippen LogP contribution in [0.25, 0.3) is 11.1 Å². The summed E-state index contributed by atoms with van der Waals surface area (Å²) < 4.78 is 10.8. The van der Waals surface area contributed by atoms with Crippen molar-refractivity contribution in [2.75, 3.05) is 7.11 Å². The van der Waals surface area contributed by atoms with Gasteiger partial charge in [-0.3, -0.25) is 4.79 Å². The van der Waals surface area contributed by atoms with Crippen molar-refractivity contribution in [3.63, 3.8) is 0 Å². The lowest BCUT2D eigenvalue weighted by molar-refractivity contribution is 0.0734. The summed E-state index contributed by atoms with van der Waals surface area (Å²) in [6.45, 7) is 1.49. The topological polar surface area (TPSA) is 52.6 Å². The van der Waals surface area contributed by atoms with Crippen molar-refractivity contribution in [1.82, 2.24) is 0 Å². The molecule has 0 atom stereocenters. The number of esters is 1. The monoisotopic (exact) mass is 358 g/mol. The maximum Gasteiger partial charge on any atom is 0.343 e. The SMILES string of the molecule is COc1ccc2c(c1)Cc1cc(OC(=O)c3ccc(C(C)=O)cc3)ccc1-2. The fourth-order valence-corrected chi connectivity index (χ4v) is 3.36. The molecule has 4 heteroatoms. The highest BCUT2D eigenvalue weighted by atomic mass is 16.5. The van der Waals surface area contributed by atoms with Gasteiger partial charge in [0.05, 0.1) is 12.7 Å². The summed E-state index contributed by atoms with van der Waals surface area (Å²) >= 11 is 0. The first-order valence-electron chi connectivity index (χ1n) is 8.68. The Hall–Kier alpha value is -3.40. The van der Waals surface area contributed by atoms with Gasteiger partial charge in [0.25, 0.3) is 0 Å². The number of ketones is 1. The van der Waals surface area contributed by atoms with Crippen molar-refractivity contribution in [3.05, 3.63) is 82.9 Å². The molecular formula is C23H18O4. The number of methoxy groups -OCH3 is 1. The molecule has 0 saturated heterocycles. The van der Waals surface area contributed by atoms with Crippen LogP contribution >= 0.6 is 0 Å². The Morgan fingerprint density at radius 3 is 1.93 bits per heavy atom. The van der Waals surface area contributed by atoms with Crippen LogP contribution in [0.2, 0.25) is 0 Å². The second-order valence-electron chi connectivity index (χ2n) is 6.54. The minimum Gasteiger partial charge on any atom is -0.497 e. The molecule has 1 aliphatic rings. The Bertz CT molecular complexity index is 1050. The zero-order valence-electron chi connectivity index (χ0n) is 15.1. The van der Waals surface area contributed by atoms with Gasteiger partial charge in [-0.25, -0.2) is 4.79 Å². The van der Waals surface area contributed by atoms with E-state index in [2.05, 4.69) is 6.07 Å². The number of ether oxygens (including phenoxy) is 2. The number of carbonyl (C=O) groups excluding carboxylic acids is 2. The van der Waals surface area contributed by atoms with E-state index in [4.69, 9.17) is 9.47 Å². The number of hydrogen-bond acceptors (Lipinski definition) is 4. The summed E-state index contributed by atoms with van der Waals surface area (Å²) in [6.07, 6.45) is 0.778.